The van der Waals surface area contributed by atoms with Crippen LogP contribution in [0.1, 0.15) is 23.3 Å². The Morgan fingerprint density at radius 2 is 2.18 bits per heavy atom. The number of nitrogens with two attached hydrogens (primary N) is 1. The van der Waals surface area contributed by atoms with Gasteiger partial charge in [-0.3, -0.25) is 0 Å². The zero-order valence-electron chi connectivity index (χ0n) is 8.91. The number of halogens is 3. The second kappa shape index (κ2) is 3.38. The van der Waals surface area contributed by atoms with Crippen LogP contribution in [-0.2, 0) is 10.3 Å². The number of imidazole rings is 1. The van der Waals surface area contributed by atoms with Gasteiger partial charge in [-0.05, 0) is 12.8 Å². The maximum Gasteiger partial charge on any atom is 0.412 e. The van der Waals surface area contributed by atoms with E-state index in [4.69, 9.17) is 5.73 Å². The second-order valence-corrected chi connectivity index (χ2v) is 3.87. The van der Waals surface area contributed by atoms with Gasteiger partial charge in [0.1, 0.15) is 11.4 Å². The minimum atomic E-state index is -4.41. The van der Waals surface area contributed by atoms with E-state index >= 15 is 0 Å². The van der Waals surface area contributed by atoms with Crippen molar-refractivity contribution in [1.29, 1.82) is 0 Å². The number of hydrogen-bond donors (Lipinski definition) is 1. The standard InChI is InChI=1S/C9H10F3N3O2/c1-17-7(16)5-6(13)15(4-14-5)8(2-3-8)9(10,11)12/h4H,2-3,13H2,1H3. The summed E-state index contributed by atoms with van der Waals surface area (Å²) < 4.78 is 43.7. The van der Waals surface area contributed by atoms with E-state index in [1.807, 2.05) is 0 Å². The van der Waals surface area contributed by atoms with Gasteiger partial charge in [0.25, 0.3) is 0 Å². The minimum Gasteiger partial charge on any atom is -0.464 e. The third-order valence-electron chi connectivity index (χ3n) is 2.90. The first-order valence-electron chi connectivity index (χ1n) is 4.82. The molecular formula is C9H10F3N3O2. The van der Waals surface area contributed by atoms with E-state index in [0.29, 0.717) is 0 Å². The molecule has 8 heteroatoms. The van der Waals surface area contributed by atoms with Gasteiger partial charge in [-0.15, -0.1) is 0 Å². The summed E-state index contributed by atoms with van der Waals surface area (Å²) in [5.41, 5.74) is 3.21. The van der Waals surface area contributed by atoms with Crippen LogP contribution in [0.4, 0.5) is 19.0 Å². The molecule has 0 saturated heterocycles. The number of methoxy groups -OCH3 is 1. The Bertz CT molecular complexity index is 463. The molecular weight excluding hydrogens is 239 g/mol. The second-order valence-electron chi connectivity index (χ2n) is 3.87. The van der Waals surface area contributed by atoms with E-state index in [2.05, 4.69) is 9.72 Å². The molecule has 0 unspecified atom stereocenters. The van der Waals surface area contributed by atoms with Gasteiger partial charge in [0.15, 0.2) is 5.69 Å². The number of anilines is 1. The number of aromatic nitrogens is 2. The SMILES string of the molecule is COC(=O)c1ncn(C2(C(F)(F)F)CC2)c1N. The summed E-state index contributed by atoms with van der Waals surface area (Å²) in [6, 6.07) is 0. The van der Waals surface area contributed by atoms with Crippen molar-refractivity contribution in [3.05, 3.63) is 12.0 Å². The number of nitrogen functional groups attached to an aromatic ring is 1. The highest BCUT2D eigenvalue weighted by molar-refractivity contribution is 5.92. The average molecular weight is 249 g/mol. The molecule has 0 amide bonds. The molecule has 1 aromatic heterocycles. The molecule has 0 atom stereocenters. The number of ether oxygens (including phenoxy) is 1. The molecule has 17 heavy (non-hydrogen) atoms. The van der Waals surface area contributed by atoms with Crippen LogP contribution in [0.3, 0.4) is 0 Å². The summed E-state index contributed by atoms with van der Waals surface area (Å²) in [5.74, 6) is -1.16. The van der Waals surface area contributed by atoms with Crippen LogP contribution in [0, 0.1) is 0 Å². The van der Waals surface area contributed by atoms with Crippen molar-refractivity contribution < 1.29 is 22.7 Å². The molecule has 0 aliphatic heterocycles. The Kier molecular flexibility index (Phi) is 2.33. The highest BCUT2D eigenvalue weighted by Crippen LogP contribution is 2.56. The summed E-state index contributed by atoms with van der Waals surface area (Å²) in [5, 5.41) is 0. The van der Waals surface area contributed by atoms with Gasteiger partial charge in [0, 0.05) is 0 Å². The molecule has 5 nitrogen and oxygen atoms in total. The fourth-order valence-electron chi connectivity index (χ4n) is 1.73. The van der Waals surface area contributed by atoms with E-state index in [1.165, 1.54) is 0 Å². The number of carbonyl (C=O) groups excluding carboxylic acids is 1. The summed E-state index contributed by atoms with van der Waals surface area (Å²) in [6.45, 7) is 0. The fraction of sp³-hybridized carbons (Fsp3) is 0.556. The number of nitrogens with zero attached hydrogens (tertiary/aromatic N) is 2. The van der Waals surface area contributed by atoms with Crippen LogP contribution in [0.5, 0.6) is 0 Å². The molecule has 2 rings (SSSR count). The van der Waals surface area contributed by atoms with E-state index < -0.39 is 17.7 Å². The molecule has 1 aromatic rings. The Morgan fingerprint density at radius 1 is 1.59 bits per heavy atom. The largest absolute Gasteiger partial charge is 0.464 e. The summed E-state index contributed by atoms with van der Waals surface area (Å²) in [4.78, 5) is 14.8. The first-order valence-corrected chi connectivity index (χ1v) is 4.82. The normalized spacial score (nSPS) is 17.9. The van der Waals surface area contributed by atoms with Crippen molar-refractivity contribution in [2.24, 2.45) is 0 Å². The van der Waals surface area contributed by atoms with E-state index in [9.17, 15) is 18.0 Å². The van der Waals surface area contributed by atoms with Crippen molar-refractivity contribution in [2.75, 3.05) is 12.8 Å². The molecule has 1 saturated carbocycles. The van der Waals surface area contributed by atoms with Crippen LogP contribution >= 0.6 is 0 Å². The van der Waals surface area contributed by atoms with Crippen LogP contribution in [-0.4, -0.2) is 28.8 Å². The molecule has 1 fully saturated rings. The molecule has 0 bridgehead atoms. The van der Waals surface area contributed by atoms with Gasteiger partial charge in [-0.1, -0.05) is 0 Å². The number of esters is 1. The van der Waals surface area contributed by atoms with Gasteiger partial charge in [-0.2, -0.15) is 13.2 Å². The predicted molar refractivity (Wildman–Crippen MR) is 51.2 cm³/mol. The van der Waals surface area contributed by atoms with Crippen molar-refractivity contribution in [3.63, 3.8) is 0 Å². The first kappa shape index (κ1) is 11.7. The van der Waals surface area contributed by atoms with Crippen LogP contribution in [0.2, 0.25) is 0 Å². The van der Waals surface area contributed by atoms with E-state index in [1.54, 1.807) is 0 Å². The molecule has 94 valence electrons. The van der Waals surface area contributed by atoms with Crippen molar-refractivity contribution >= 4 is 11.8 Å². The zero-order chi connectivity index (χ0) is 12.8. The number of alkyl halides is 3. The molecule has 0 radical (unpaired) electrons. The minimum absolute atomic E-state index is 0.0579. The third kappa shape index (κ3) is 1.55. The Hall–Kier alpha value is -1.73. The number of rotatable bonds is 2. The predicted octanol–water partition coefficient (Wildman–Crippen LogP) is 1.30. The highest BCUT2D eigenvalue weighted by Gasteiger charge is 2.65. The van der Waals surface area contributed by atoms with Gasteiger partial charge in [-0.25, -0.2) is 9.78 Å². The Labute approximate surface area is 94.4 Å². The highest BCUT2D eigenvalue weighted by atomic mass is 19.4. The van der Waals surface area contributed by atoms with Crippen molar-refractivity contribution in [3.8, 4) is 0 Å². The molecule has 0 aromatic carbocycles. The summed E-state index contributed by atoms with van der Waals surface area (Å²) in [6.07, 6.45) is -3.59. The Balaban J connectivity index is 2.43. The molecule has 1 aliphatic rings. The van der Waals surface area contributed by atoms with E-state index in [0.717, 1.165) is 18.0 Å². The smallest absolute Gasteiger partial charge is 0.412 e. The average Bonchev–Trinajstić information content (AvgIpc) is 2.97. The van der Waals surface area contributed by atoms with Crippen molar-refractivity contribution in [2.45, 2.75) is 24.6 Å². The maximum absolute atomic E-state index is 12.8. The van der Waals surface area contributed by atoms with Gasteiger partial charge in [0.2, 0.25) is 0 Å². The quantitative estimate of drug-likeness (QED) is 0.802. The molecule has 1 aliphatic carbocycles. The molecule has 0 spiro atoms. The molecule has 1 heterocycles. The zero-order valence-corrected chi connectivity index (χ0v) is 8.91. The van der Waals surface area contributed by atoms with Crippen LogP contribution in [0.25, 0.3) is 0 Å². The summed E-state index contributed by atoms with van der Waals surface area (Å²) in [7, 11) is 1.11. The first-order chi connectivity index (χ1) is 7.83. The summed E-state index contributed by atoms with van der Waals surface area (Å²) >= 11 is 0. The lowest BCUT2D eigenvalue weighted by molar-refractivity contribution is -0.179. The lowest BCUT2D eigenvalue weighted by Gasteiger charge is -2.21. The lowest BCUT2D eigenvalue weighted by atomic mass is 10.2. The van der Waals surface area contributed by atoms with Crippen LogP contribution < -0.4 is 5.73 Å². The van der Waals surface area contributed by atoms with Crippen molar-refractivity contribution in [1.82, 2.24) is 9.55 Å². The lowest BCUT2D eigenvalue weighted by Crippen LogP contribution is -2.35. The molecule has 2 N–H and O–H groups in total. The van der Waals surface area contributed by atoms with Gasteiger partial charge in [0.05, 0.1) is 13.4 Å². The van der Waals surface area contributed by atoms with E-state index in [-0.39, 0.29) is 24.4 Å². The number of hydrogen-bond acceptors (Lipinski definition) is 4. The third-order valence-corrected chi connectivity index (χ3v) is 2.90. The van der Waals surface area contributed by atoms with Gasteiger partial charge >= 0.3 is 12.1 Å². The van der Waals surface area contributed by atoms with Gasteiger partial charge < -0.3 is 15.0 Å². The van der Waals surface area contributed by atoms with Crippen LogP contribution in [0.15, 0.2) is 6.33 Å². The topological polar surface area (TPSA) is 70.1 Å². The fourth-order valence-corrected chi connectivity index (χ4v) is 1.73. The monoisotopic (exact) mass is 249 g/mol. The number of carbonyl (C=O) groups is 1. The maximum atomic E-state index is 12.8. The Morgan fingerprint density at radius 3 is 2.59 bits per heavy atom.